The van der Waals surface area contributed by atoms with Crippen molar-refractivity contribution >= 4 is 27.5 Å². The van der Waals surface area contributed by atoms with E-state index in [0.29, 0.717) is 18.7 Å². The molecular formula is C11H12BrFN2O. The Morgan fingerprint density at radius 2 is 2.38 bits per heavy atom. The van der Waals surface area contributed by atoms with Crippen molar-refractivity contribution in [2.24, 2.45) is 0 Å². The van der Waals surface area contributed by atoms with Gasteiger partial charge in [-0.25, -0.2) is 4.39 Å². The fourth-order valence-electron chi connectivity index (χ4n) is 1.70. The number of rotatable bonds is 3. The Morgan fingerprint density at radius 1 is 1.56 bits per heavy atom. The maximum Gasteiger partial charge on any atom is 0.220 e. The zero-order valence-electron chi connectivity index (χ0n) is 8.59. The molecule has 0 aromatic heterocycles. The molecule has 1 aromatic rings. The van der Waals surface area contributed by atoms with E-state index in [1.54, 1.807) is 12.1 Å². The molecule has 1 aliphatic heterocycles. The summed E-state index contributed by atoms with van der Waals surface area (Å²) in [5, 5.41) is 5.82. The van der Waals surface area contributed by atoms with Gasteiger partial charge in [-0.05, 0) is 24.6 Å². The van der Waals surface area contributed by atoms with Crippen LogP contribution in [0.1, 0.15) is 12.8 Å². The Morgan fingerprint density at radius 3 is 3.06 bits per heavy atom. The SMILES string of the molecule is O=C1CCC(CNc2cc(Br)ccc2F)N1. The normalized spacial score (nSPS) is 19.6. The minimum Gasteiger partial charge on any atom is -0.381 e. The van der Waals surface area contributed by atoms with Gasteiger partial charge in [0.15, 0.2) is 0 Å². The molecule has 1 heterocycles. The van der Waals surface area contributed by atoms with Crippen LogP contribution in [0.25, 0.3) is 0 Å². The van der Waals surface area contributed by atoms with Crippen molar-refractivity contribution < 1.29 is 9.18 Å². The average molecular weight is 287 g/mol. The zero-order chi connectivity index (χ0) is 11.5. The van der Waals surface area contributed by atoms with Crippen LogP contribution in [-0.2, 0) is 4.79 Å². The van der Waals surface area contributed by atoms with Crippen molar-refractivity contribution in [3.8, 4) is 0 Å². The number of nitrogens with one attached hydrogen (secondary N) is 2. The number of carbonyl (C=O) groups excluding carboxylic acids is 1. The van der Waals surface area contributed by atoms with E-state index in [4.69, 9.17) is 0 Å². The molecule has 2 rings (SSSR count). The van der Waals surface area contributed by atoms with Crippen LogP contribution in [0.4, 0.5) is 10.1 Å². The summed E-state index contributed by atoms with van der Waals surface area (Å²) >= 11 is 3.28. The van der Waals surface area contributed by atoms with Crippen molar-refractivity contribution in [2.45, 2.75) is 18.9 Å². The number of halogens is 2. The predicted octanol–water partition coefficient (Wildman–Crippen LogP) is 2.28. The van der Waals surface area contributed by atoms with Crippen molar-refractivity contribution in [3.63, 3.8) is 0 Å². The van der Waals surface area contributed by atoms with E-state index in [1.165, 1.54) is 6.07 Å². The van der Waals surface area contributed by atoms with Gasteiger partial charge in [0.1, 0.15) is 5.82 Å². The van der Waals surface area contributed by atoms with E-state index in [1.807, 2.05) is 0 Å². The molecule has 0 saturated carbocycles. The summed E-state index contributed by atoms with van der Waals surface area (Å²) in [6.45, 7) is 0.555. The summed E-state index contributed by atoms with van der Waals surface area (Å²) < 4.78 is 14.2. The molecule has 2 N–H and O–H groups in total. The van der Waals surface area contributed by atoms with Gasteiger partial charge in [-0.1, -0.05) is 15.9 Å². The fraction of sp³-hybridized carbons (Fsp3) is 0.364. The first-order chi connectivity index (χ1) is 7.65. The standard InChI is InChI=1S/C11H12BrFN2O/c12-7-1-3-9(13)10(5-7)14-6-8-2-4-11(16)15-8/h1,3,5,8,14H,2,4,6H2,(H,15,16). The lowest BCUT2D eigenvalue weighted by Crippen LogP contribution is -2.31. The number of amides is 1. The number of hydrogen-bond donors (Lipinski definition) is 2. The molecule has 0 radical (unpaired) electrons. The Bertz CT molecular complexity index is 411. The molecule has 1 atom stereocenters. The van der Waals surface area contributed by atoms with Gasteiger partial charge in [-0.15, -0.1) is 0 Å². The van der Waals surface area contributed by atoms with Crippen molar-refractivity contribution in [1.82, 2.24) is 5.32 Å². The third-order valence-corrected chi connectivity index (χ3v) is 3.05. The minimum atomic E-state index is -0.285. The number of hydrogen-bond acceptors (Lipinski definition) is 2. The van der Waals surface area contributed by atoms with Gasteiger partial charge in [0.25, 0.3) is 0 Å². The quantitative estimate of drug-likeness (QED) is 0.895. The second-order valence-electron chi connectivity index (χ2n) is 3.81. The molecule has 1 saturated heterocycles. The largest absolute Gasteiger partial charge is 0.381 e. The van der Waals surface area contributed by atoms with Crippen LogP contribution in [-0.4, -0.2) is 18.5 Å². The number of benzene rings is 1. The summed E-state index contributed by atoms with van der Waals surface area (Å²) in [4.78, 5) is 11.0. The second-order valence-corrected chi connectivity index (χ2v) is 4.72. The van der Waals surface area contributed by atoms with E-state index < -0.39 is 0 Å². The summed E-state index contributed by atoms with van der Waals surface area (Å²) in [5.74, 6) is -0.214. The third kappa shape index (κ3) is 2.72. The van der Waals surface area contributed by atoms with E-state index in [0.717, 1.165) is 10.9 Å². The Hall–Kier alpha value is -1.10. The lowest BCUT2D eigenvalue weighted by Gasteiger charge is -2.13. The van der Waals surface area contributed by atoms with Crippen LogP contribution in [0.15, 0.2) is 22.7 Å². The molecule has 1 amide bonds. The summed E-state index contributed by atoms with van der Waals surface area (Å²) in [6, 6.07) is 4.84. The molecular weight excluding hydrogens is 275 g/mol. The first-order valence-corrected chi connectivity index (χ1v) is 5.93. The van der Waals surface area contributed by atoms with Crippen LogP contribution >= 0.6 is 15.9 Å². The zero-order valence-corrected chi connectivity index (χ0v) is 10.2. The molecule has 1 aliphatic rings. The predicted molar refractivity (Wildman–Crippen MR) is 63.8 cm³/mol. The first kappa shape index (κ1) is 11.4. The Kier molecular flexibility index (Phi) is 3.43. The molecule has 3 nitrogen and oxygen atoms in total. The van der Waals surface area contributed by atoms with Crippen LogP contribution in [0.3, 0.4) is 0 Å². The van der Waals surface area contributed by atoms with Gasteiger partial charge in [0.2, 0.25) is 5.91 Å². The van der Waals surface area contributed by atoms with Gasteiger partial charge in [0, 0.05) is 23.5 Å². The monoisotopic (exact) mass is 286 g/mol. The van der Waals surface area contributed by atoms with Crippen LogP contribution < -0.4 is 10.6 Å². The van der Waals surface area contributed by atoms with Crippen LogP contribution in [0, 0.1) is 5.82 Å². The molecule has 1 aromatic carbocycles. The van der Waals surface area contributed by atoms with Crippen molar-refractivity contribution in [2.75, 3.05) is 11.9 Å². The maximum atomic E-state index is 13.3. The minimum absolute atomic E-state index is 0.0708. The van der Waals surface area contributed by atoms with Crippen molar-refractivity contribution in [1.29, 1.82) is 0 Å². The maximum absolute atomic E-state index is 13.3. The summed E-state index contributed by atoms with van der Waals surface area (Å²) in [7, 11) is 0. The van der Waals surface area contributed by atoms with E-state index in [9.17, 15) is 9.18 Å². The van der Waals surface area contributed by atoms with Gasteiger partial charge in [-0.2, -0.15) is 0 Å². The molecule has 0 spiro atoms. The van der Waals surface area contributed by atoms with Crippen LogP contribution in [0.2, 0.25) is 0 Å². The first-order valence-electron chi connectivity index (χ1n) is 5.13. The van der Waals surface area contributed by atoms with Gasteiger partial charge < -0.3 is 10.6 Å². The molecule has 0 aliphatic carbocycles. The topological polar surface area (TPSA) is 41.1 Å². The van der Waals surface area contributed by atoms with Gasteiger partial charge >= 0.3 is 0 Å². The smallest absolute Gasteiger partial charge is 0.220 e. The highest BCUT2D eigenvalue weighted by Crippen LogP contribution is 2.20. The van der Waals surface area contributed by atoms with Crippen LogP contribution in [0.5, 0.6) is 0 Å². The summed E-state index contributed by atoms with van der Waals surface area (Å²) in [6.07, 6.45) is 1.37. The highest BCUT2D eigenvalue weighted by molar-refractivity contribution is 9.10. The number of carbonyl (C=O) groups is 1. The highest BCUT2D eigenvalue weighted by atomic mass is 79.9. The Balaban J connectivity index is 1.94. The molecule has 86 valence electrons. The second kappa shape index (κ2) is 4.82. The Labute approximate surface area is 102 Å². The van der Waals surface area contributed by atoms with E-state index >= 15 is 0 Å². The molecule has 1 unspecified atom stereocenters. The highest BCUT2D eigenvalue weighted by Gasteiger charge is 2.20. The fourth-order valence-corrected chi connectivity index (χ4v) is 2.06. The van der Waals surface area contributed by atoms with Crippen molar-refractivity contribution in [3.05, 3.63) is 28.5 Å². The van der Waals surface area contributed by atoms with E-state index in [-0.39, 0.29) is 17.8 Å². The third-order valence-electron chi connectivity index (χ3n) is 2.55. The molecule has 1 fully saturated rings. The molecule has 0 bridgehead atoms. The summed E-state index contributed by atoms with van der Waals surface area (Å²) in [5.41, 5.74) is 0.454. The van der Waals surface area contributed by atoms with Gasteiger partial charge in [0.05, 0.1) is 5.69 Å². The van der Waals surface area contributed by atoms with E-state index in [2.05, 4.69) is 26.6 Å². The number of anilines is 1. The molecule has 5 heteroatoms. The lowest BCUT2D eigenvalue weighted by atomic mass is 10.2. The lowest BCUT2D eigenvalue weighted by molar-refractivity contribution is -0.119. The molecule has 16 heavy (non-hydrogen) atoms. The van der Waals surface area contributed by atoms with Gasteiger partial charge in [-0.3, -0.25) is 4.79 Å². The average Bonchev–Trinajstić information content (AvgIpc) is 2.66.